The van der Waals surface area contributed by atoms with Crippen LogP contribution in [0.3, 0.4) is 0 Å². The molecule has 0 saturated carbocycles. The van der Waals surface area contributed by atoms with Crippen molar-refractivity contribution in [2.45, 2.75) is 6.92 Å². The Kier molecular flexibility index (Phi) is 3.28. The molecule has 0 spiro atoms. The first-order valence-corrected chi connectivity index (χ1v) is 7.71. The van der Waals surface area contributed by atoms with Crippen molar-refractivity contribution >= 4 is 27.3 Å². The van der Waals surface area contributed by atoms with E-state index in [-0.39, 0.29) is 11.5 Å². The van der Waals surface area contributed by atoms with E-state index in [0.29, 0.717) is 16.5 Å². The van der Waals surface area contributed by atoms with Gasteiger partial charge in [0.2, 0.25) is 5.78 Å². The van der Waals surface area contributed by atoms with Crippen LogP contribution in [0.4, 0.5) is 0 Å². The smallest absolute Gasteiger partial charge is 0.344 e. The van der Waals surface area contributed by atoms with Gasteiger partial charge in [0.05, 0.1) is 5.39 Å². The van der Waals surface area contributed by atoms with E-state index in [1.807, 2.05) is 48.5 Å². The van der Waals surface area contributed by atoms with Crippen molar-refractivity contribution in [3.63, 3.8) is 0 Å². The monoisotopic (exact) mass is 314 g/mol. The van der Waals surface area contributed by atoms with E-state index in [4.69, 9.17) is 4.42 Å². The highest BCUT2D eigenvalue weighted by molar-refractivity contribution is 6.11. The third kappa shape index (κ3) is 2.22. The normalized spacial score (nSPS) is 11.0. The fraction of sp³-hybridized carbons (Fsp3) is 0.0476. The molecule has 0 atom stereocenters. The van der Waals surface area contributed by atoms with Crippen molar-refractivity contribution < 1.29 is 9.21 Å². The van der Waals surface area contributed by atoms with Gasteiger partial charge in [0.25, 0.3) is 0 Å². The zero-order valence-corrected chi connectivity index (χ0v) is 13.1. The van der Waals surface area contributed by atoms with Crippen LogP contribution in [0, 0.1) is 6.92 Å². The van der Waals surface area contributed by atoms with Gasteiger partial charge in [0.15, 0.2) is 5.76 Å². The van der Waals surface area contributed by atoms with Crippen LogP contribution in [0.5, 0.6) is 0 Å². The Morgan fingerprint density at radius 1 is 0.833 bits per heavy atom. The Morgan fingerprint density at radius 3 is 2.29 bits per heavy atom. The van der Waals surface area contributed by atoms with Crippen molar-refractivity contribution in [1.29, 1.82) is 0 Å². The molecule has 0 fully saturated rings. The van der Waals surface area contributed by atoms with Crippen molar-refractivity contribution in [2.75, 3.05) is 0 Å². The molecule has 0 radical (unpaired) electrons. The van der Waals surface area contributed by atoms with E-state index >= 15 is 0 Å². The third-order valence-electron chi connectivity index (χ3n) is 4.30. The van der Waals surface area contributed by atoms with E-state index < -0.39 is 5.63 Å². The number of aryl methyl sites for hydroxylation is 1. The van der Waals surface area contributed by atoms with E-state index in [2.05, 4.69) is 0 Å². The molecule has 116 valence electrons. The van der Waals surface area contributed by atoms with Gasteiger partial charge in [-0.05, 0) is 35.2 Å². The second kappa shape index (κ2) is 5.46. The van der Waals surface area contributed by atoms with Gasteiger partial charge in [0, 0.05) is 11.1 Å². The quantitative estimate of drug-likeness (QED) is 0.512. The number of carbonyl (C=O) groups is 1. The van der Waals surface area contributed by atoms with Crippen molar-refractivity contribution in [3.05, 3.63) is 94.0 Å². The minimum atomic E-state index is -0.486. The highest BCUT2D eigenvalue weighted by atomic mass is 16.4. The summed E-state index contributed by atoms with van der Waals surface area (Å²) in [5, 5.41) is 3.28. The Bertz CT molecular complexity index is 1150. The molecule has 0 saturated heterocycles. The first-order chi connectivity index (χ1) is 11.6. The van der Waals surface area contributed by atoms with Gasteiger partial charge in [-0.25, -0.2) is 4.79 Å². The predicted molar refractivity (Wildman–Crippen MR) is 94.6 cm³/mol. The second-order valence-electron chi connectivity index (χ2n) is 5.78. The van der Waals surface area contributed by atoms with Crippen LogP contribution in [0.25, 0.3) is 21.5 Å². The summed E-state index contributed by atoms with van der Waals surface area (Å²) in [6, 6.07) is 20.5. The zero-order valence-electron chi connectivity index (χ0n) is 13.1. The molecule has 1 heterocycles. The molecule has 24 heavy (non-hydrogen) atoms. The summed E-state index contributed by atoms with van der Waals surface area (Å²) in [5.41, 5.74) is 0.707. The van der Waals surface area contributed by atoms with E-state index in [9.17, 15) is 9.59 Å². The standard InChI is InChI=1S/C21H14O3/c1-13-17-8-4-5-9-18(17)21(23)24-20(13)19(22)16-11-10-14-6-2-3-7-15(14)12-16/h2-12H,1H3. The van der Waals surface area contributed by atoms with Gasteiger partial charge < -0.3 is 4.42 Å². The topological polar surface area (TPSA) is 47.3 Å². The lowest BCUT2D eigenvalue weighted by Gasteiger charge is -2.07. The van der Waals surface area contributed by atoms with E-state index in [1.165, 1.54) is 0 Å². The van der Waals surface area contributed by atoms with Gasteiger partial charge in [-0.3, -0.25) is 4.79 Å². The average Bonchev–Trinajstić information content (AvgIpc) is 2.64. The summed E-state index contributed by atoms with van der Waals surface area (Å²) in [6.45, 7) is 1.81. The van der Waals surface area contributed by atoms with Crippen LogP contribution in [0.1, 0.15) is 21.7 Å². The second-order valence-corrected chi connectivity index (χ2v) is 5.78. The number of hydrogen-bond acceptors (Lipinski definition) is 3. The van der Waals surface area contributed by atoms with Crippen molar-refractivity contribution in [2.24, 2.45) is 0 Å². The molecule has 4 rings (SSSR count). The summed E-state index contributed by atoms with van der Waals surface area (Å²) in [5.74, 6) is -0.171. The molecule has 0 aliphatic rings. The van der Waals surface area contributed by atoms with Crippen LogP contribution in [-0.4, -0.2) is 5.78 Å². The van der Waals surface area contributed by atoms with Gasteiger partial charge in [-0.15, -0.1) is 0 Å². The van der Waals surface area contributed by atoms with E-state index in [0.717, 1.165) is 16.2 Å². The van der Waals surface area contributed by atoms with Crippen molar-refractivity contribution in [3.8, 4) is 0 Å². The van der Waals surface area contributed by atoms with Gasteiger partial charge in [-0.2, -0.15) is 0 Å². The Morgan fingerprint density at radius 2 is 1.50 bits per heavy atom. The maximum Gasteiger partial charge on any atom is 0.344 e. The first-order valence-electron chi connectivity index (χ1n) is 7.71. The molecule has 3 heteroatoms. The number of benzene rings is 3. The molecule has 0 bridgehead atoms. The highest BCUT2D eigenvalue weighted by Crippen LogP contribution is 2.23. The number of ketones is 1. The van der Waals surface area contributed by atoms with Gasteiger partial charge >= 0.3 is 5.63 Å². The van der Waals surface area contributed by atoms with Crippen molar-refractivity contribution in [1.82, 2.24) is 0 Å². The van der Waals surface area contributed by atoms with Crippen LogP contribution in [0.2, 0.25) is 0 Å². The largest absolute Gasteiger partial charge is 0.418 e. The fourth-order valence-corrected chi connectivity index (χ4v) is 3.01. The summed E-state index contributed by atoms with van der Waals surface area (Å²) >= 11 is 0. The summed E-state index contributed by atoms with van der Waals surface area (Å²) in [7, 11) is 0. The summed E-state index contributed by atoms with van der Waals surface area (Å²) in [4.78, 5) is 25.1. The number of hydrogen-bond donors (Lipinski definition) is 0. The maximum atomic E-state index is 12.9. The number of fused-ring (bicyclic) bond motifs is 2. The van der Waals surface area contributed by atoms with Crippen LogP contribution in [-0.2, 0) is 0 Å². The lowest BCUT2D eigenvalue weighted by Crippen LogP contribution is -2.11. The van der Waals surface area contributed by atoms with E-state index in [1.54, 1.807) is 25.1 Å². The van der Waals surface area contributed by atoms with Crippen LogP contribution >= 0.6 is 0 Å². The molecule has 0 unspecified atom stereocenters. The highest BCUT2D eigenvalue weighted by Gasteiger charge is 2.18. The molecule has 0 N–H and O–H groups in total. The molecule has 0 aliphatic heterocycles. The number of carbonyl (C=O) groups excluding carboxylic acids is 1. The molecule has 3 aromatic carbocycles. The summed E-state index contributed by atoms with van der Waals surface area (Å²) in [6.07, 6.45) is 0. The molecule has 0 aliphatic carbocycles. The van der Waals surface area contributed by atoms with Gasteiger partial charge in [0.1, 0.15) is 0 Å². The SMILES string of the molecule is Cc1c(C(=O)c2ccc3ccccc3c2)oc(=O)c2ccccc12. The molecule has 0 amide bonds. The predicted octanol–water partition coefficient (Wildman–Crippen LogP) is 4.49. The molecular weight excluding hydrogens is 300 g/mol. The third-order valence-corrected chi connectivity index (χ3v) is 4.30. The molecule has 3 nitrogen and oxygen atoms in total. The average molecular weight is 314 g/mol. The lowest BCUT2D eigenvalue weighted by atomic mass is 9.99. The number of rotatable bonds is 2. The lowest BCUT2D eigenvalue weighted by molar-refractivity contribution is 0.100. The minimum Gasteiger partial charge on any atom is -0.418 e. The molecule has 1 aromatic heterocycles. The maximum absolute atomic E-state index is 12.9. The zero-order chi connectivity index (χ0) is 16.7. The molecule has 4 aromatic rings. The Labute approximate surface area is 138 Å². The minimum absolute atomic E-state index is 0.106. The molecular formula is C21H14O3. The van der Waals surface area contributed by atoms with Crippen LogP contribution < -0.4 is 5.63 Å². The Balaban J connectivity index is 1.91. The fourth-order valence-electron chi connectivity index (χ4n) is 3.01. The Hall–Kier alpha value is -3.20. The summed E-state index contributed by atoms with van der Waals surface area (Å²) < 4.78 is 5.34. The van der Waals surface area contributed by atoms with Gasteiger partial charge in [-0.1, -0.05) is 54.6 Å². The first kappa shape index (κ1) is 14.4. The van der Waals surface area contributed by atoms with Crippen LogP contribution in [0.15, 0.2) is 75.9 Å².